The number of benzene rings is 1. The Labute approximate surface area is 170 Å². The fraction of sp³-hybridized carbons (Fsp3) is 0.238. The number of rotatable bonds is 0. The summed E-state index contributed by atoms with van der Waals surface area (Å²) >= 11 is 0. The zero-order valence-electron chi connectivity index (χ0n) is 15.8. The Morgan fingerprint density at radius 3 is 2.45 bits per heavy atom. The molecule has 2 aromatic rings. The monoisotopic (exact) mass is 441 g/mol. The molecule has 31 heavy (non-hydrogen) atoms. The van der Waals surface area contributed by atoms with Crippen molar-refractivity contribution < 1.29 is 30.7 Å². The zero-order valence-corrected chi connectivity index (χ0v) is 15.8. The molecule has 0 saturated heterocycles. The third kappa shape index (κ3) is 3.94. The fourth-order valence-corrected chi connectivity index (χ4v) is 3.55. The van der Waals surface area contributed by atoms with Gasteiger partial charge in [0.2, 0.25) is 0 Å². The normalized spacial score (nSPS) is 23.9. The van der Waals surface area contributed by atoms with Crippen LogP contribution < -0.4 is 10.6 Å². The number of hydrogen-bond donors (Lipinski definition) is 1. The molecule has 0 saturated carbocycles. The number of nitrogens with zero attached hydrogens (tertiary/aromatic N) is 2. The van der Waals surface area contributed by atoms with Crippen LogP contribution in [0.2, 0.25) is 0 Å². The number of halogens is 7. The molecule has 162 valence electrons. The highest BCUT2D eigenvalue weighted by atomic mass is 19.4. The van der Waals surface area contributed by atoms with Crippen molar-refractivity contribution in [2.24, 2.45) is 10.9 Å². The average molecular weight is 441 g/mol. The molecule has 3 nitrogen and oxygen atoms in total. The van der Waals surface area contributed by atoms with Gasteiger partial charge in [0.25, 0.3) is 0 Å². The van der Waals surface area contributed by atoms with E-state index < -0.39 is 35.6 Å². The number of aliphatic imine (C=N–C) groups is 1. The van der Waals surface area contributed by atoms with Gasteiger partial charge >= 0.3 is 12.4 Å². The molecule has 1 aromatic carbocycles. The third-order valence-corrected chi connectivity index (χ3v) is 5.02. The minimum Gasteiger partial charge on any atom is -0.338 e. The lowest BCUT2D eigenvalue weighted by Gasteiger charge is -2.19. The predicted octanol–water partition coefficient (Wildman–Crippen LogP) is 4.15. The van der Waals surface area contributed by atoms with Crippen molar-refractivity contribution in [3.05, 3.63) is 74.8 Å². The van der Waals surface area contributed by atoms with Gasteiger partial charge in [0, 0.05) is 12.1 Å². The quantitative estimate of drug-likeness (QED) is 0.614. The highest BCUT2D eigenvalue weighted by Gasteiger charge is 2.41. The maximum absolute atomic E-state index is 14.8. The Morgan fingerprint density at radius 2 is 1.81 bits per heavy atom. The summed E-state index contributed by atoms with van der Waals surface area (Å²) in [6.07, 6.45) is -3.93. The van der Waals surface area contributed by atoms with Crippen molar-refractivity contribution >= 4 is 18.0 Å². The molecular weight excluding hydrogens is 427 g/mol. The average Bonchev–Trinajstić information content (AvgIpc) is 3.11. The van der Waals surface area contributed by atoms with E-state index in [4.69, 9.17) is 0 Å². The maximum Gasteiger partial charge on any atom is 0.416 e. The van der Waals surface area contributed by atoms with Crippen molar-refractivity contribution in [3.63, 3.8) is 0 Å². The molecule has 0 amide bonds. The van der Waals surface area contributed by atoms with Crippen molar-refractivity contribution in [2.45, 2.75) is 25.2 Å². The SMILES string of the molecule is CC1C=C(C(F)(F)F)C=c2[nH]c(=c3ccc(=C4N=CC=CC4C(F)(F)F)cc3F)nc21. The van der Waals surface area contributed by atoms with Gasteiger partial charge < -0.3 is 4.98 Å². The molecule has 0 fully saturated rings. The van der Waals surface area contributed by atoms with Crippen LogP contribution in [-0.4, -0.2) is 28.5 Å². The number of aromatic nitrogens is 2. The van der Waals surface area contributed by atoms with Crippen LogP contribution in [0.4, 0.5) is 30.7 Å². The standard InChI is InChI=1S/C21H14F7N3/c1-10-7-12(20(23,24)25)9-16-17(10)31-19(30-16)13-5-4-11(8-15(13)22)18-14(21(26,27)28)3-2-6-29-18/h2-10,14,30H,1H3. The van der Waals surface area contributed by atoms with Crippen LogP contribution in [0.1, 0.15) is 18.5 Å². The van der Waals surface area contributed by atoms with Gasteiger partial charge in [-0.25, -0.2) is 9.37 Å². The number of H-pyrrole nitrogens is 1. The summed E-state index contributed by atoms with van der Waals surface area (Å²) in [5, 5.41) is -0.0254. The lowest BCUT2D eigenvalue weighted by atomic mass is 9.98. The topological polar surface area (TPSA) is 41.0 Å². The van der Waals surface area contributed by atoms with Crippen molar-refractivity contribution in [1.82, 2.24) is 9.97 Å². The minimum absolute atomic E-state index is 0.0154. The fourth-order valence-electron chi connectivity index (χ4n) is 3.55. The van der Waals surface area contributed by atoms with E-state index in [1.54, 1.807) is 0 Å². The second-order valence-electron chi connectivity index (χ2n) is 7.20. The molecule has 0 bridgehead atoms. The molecule has 10 heteroatoms. The van der Waals surface area contributed by atoms with Gasteiger partial charge in [-0.15, -0.1) is 0 Å². The van der Waals surface area contributed by atoms with Gasteiger partial charge in [-0.3, -0.25) is 4.99 Å². The summed E-state index contributed by atoms with van der Waals surface area (Å²) in [4.78, 5) is 10.7. The summed E-state index contributed by atoms with van der Waals surface area (Å²) < 4.78 is 93.7. The van der Waals surface area contributed by atoms with Crippen LogP contribution in [-0.2, 0) is 0 Å². The van der Waals surface area contributed by atoms with Gasteiger partial charge in [-0.05, 0) is 29.5 Å². The smallest absolute Gasteiger partial charge is 0.338 e. The second-order valence-corrected chi connectivity index (χ2v) is 7.20. The highest BCUT2D eigenvalue weighted by Crippen LogP contribution is 2.35. The molecular formula is C21H14F7N3. The lowest BCUT2D eigenvalue weighted by molar-refractivity contribution is -0.146. The van der Waals surface area contributed by atoms with Crippen LogP contribution in [0.15, 0.2) is 47.0 Å². The van der Waals surface area contributed by atoms with Crippen LogP contribution in [0.5, 0.6) is 0 Å². The van der Waals surface area contributed by atoms with E-state index in [1.165, 1.54) is 31.3 Å². The number of dihydropyridines is 1. The summed E-state index contributed by atoms with van der Waals surface area (Å²) in [5.41, 5.74) is -0.880. The van der Waals surface area contributed by atoms with E-state index >= 15 is 0 Å². The maximum atomic E-state index is 14.8. The van der Waals surface area contributed by atoms with Gasteiger partial charge in [0.05, 0.1) is 27.5 Å². The molecule has 0 radical (unpaired) electrons. The number of alkyl halides is 6. The van der Waals surface area contributed by atoms with E-state index in [2.05, 4.69) is 15.0 Å². The molecule has 1 aliphatic heterocycles. The highest BCUT2D eigenvalue weighted by molar-refractivity contribution is 5.79. The number of fused-ring (bicyclic) bond motifs is 1. The molecule has 0 spiro atoms. The first-order chi connectivity index (χ1) is 14.4. The van der Waals surface area contributed by atoms with Gasteiger partial charge in [0.15, 0.2) is 0 Å². The Bertz CT molecular complexity index is 1340. The molecule has 1 aromatic heterocycles. The van der Waals surface area contributed by atoms with Gasteiger partial charge in [-0.2, -0.15) is 26.3 Å². The molecule has 4 rings (SSSR count). The summed E-state index contributed by atoms with van der Waals surface area (Å²) in [6, 6.07) is 3.41. The largest absolute Gasteiger partial charge is 0.416 e. The van der Waals surface area contributed by atoms with Crippen molar-refractivity contribution in [1.29, 1.82) is 0 Å². The van der Waals surface area contributed by atoms with Crippen LogP contribution in [0.3, 0.4) is 0 Å². The Morgan fingerprint density at radius 1 is 1.06 bits per heavy atom. The van der Waals surface area contributed by atoms with E-state index in [9.17, 15) is 30.7 Å². The third-order valence-electron chi connectivity index (χ3n) is 5.02. The first kappa shape index (κ1) is 21.1. The number of nitrogens with one attached hydrogen (secondary N) is 1. The number of aromatic amines is 1. The Balaban J connectivity index is 1.90. The predicted molar refractivity (Wildman–Crippen MR) is 99.5 cm³/mol. The van der Waals surface area contributed by atoms with Crippen LogP contribution >= 0.6 is 0 Å². The van der Waals surface area contributed by atoms with Gasteiger partial charge in [-0.1, -0.05) is 25.1 Å². The first-order valence-corrected chi connectivity index (χ1v) is 9.13. The summed E-state index contributed by atoms with van der Waals surface area (Å²) in [7, 11) is 0. The second kappa shape index (κ2) is 7.21. The molecule has 1 N–H and O–H groups in total. The van der Waals surface area contributed by atoms with Crippen LogP contribution in [0, 0.1) is 22.4 Å². The van der Waals surface area contributed by atoms with Crippen LogP contribution in [0.25, 0.3) is 11.8 Å². The first-order valence-electron chi connectivity index (χ1n) is 9.13. The van der Waals surface area contributed by atoms with Crippen molar-refractivity contribution in [2.75, 3.05) is 0 Å². The zero-order chi connectivity index (χ0) is 22.6. The van der Waals surface area contributed by atoms with Gasteiger partial charge in [0.1, 0.15) is 17.2 Å². The number of allylic oxidation sites excluding steroid dienone is 3. The van der Waals surface area contributed by atoms with E-state index in [0.717, 1.165) is 24.3 Å². The summed E-state index contributed by atoms with van der Waals surface area (Å²) in [6.45, 7) is 1.53. The Hall–Kier alpha value is -3.17. The molecule has 2 heterocycles. The van der Waals surface area contributed by atoms with E-state index in [0.29, 0.717) is 5.69 Å². The lowest BCUT2D eigenvalue weighted by Crippen LogP contribution is -2.27. The minimum atomic E-state index is -4.59. The van der Waals surface area contributed by atoms with E-state index in [1.807, 2.05) is 0 Å². The molecule has 1 aliphatic carbocycles. The van der Waals surface area contributed by atoms with E-state index in [-0.39, 0.29) is 27.0 Å². The number of hydrogen-bond acceptors (Lipinski definition) is 2. The summed E-state index contributed by atoms with van der Waals surface area (Å²) in [5.74, 6) is -3.50. The molecule has 2 aliphatic rings. The number of imidazole rings is 1. The molecule has 2 atom stereocenters. The molecule has 2 unspecified atom stereocenters. The van der Waals surface area contributed by atoms with Crippen molar-refractivity contribution in [3.8, 4) is 0 Å². The Kier molecular flexibility index (Phi) is 4.90.